The molecule has 0 bridgehead atoms. The van der Waals surface area contributed by atoms with E-state index in [-0.39, 0.29) is 11.3 Å². The van der Waals surface area contributed by atoms with E-state index in [1.165, 1.54) is 17.3 Å². The predicted molar refractivity (Wildman–Crippen MR) is 119 cm³/mol. The lowest BCUT2D eigenvalue weighted by Crippen LogP contribution is -2.27. The highest BCUT2D eigenvalue weighted by atomic mass is 35.5. The summed E-state index contributed by atoms with van der Waals surface area (Å²) in [4.78, 5) is 17.0. The molecule has 6 heteroatoms. The van der Waals surface area contributed by atoms with Gasteiger partial charge < -0.3 is 5.32 Å². The topological polar surface area (TPSA) is 65.8 Å². The summed E-state index contributed by atoms with van der Waals surface area (Å²) in [5.74, 6) is 1.06. The zero-order valence-electron chi connectivity index (χ0n) is 17.1. The highest BCUT2D eigenvalue weighted by Crippen LogP contribution is 2.38. The molecule has 0 fully saturated rings. The number of carbonyl (C=O) groups is 1. The predicted octanol–water partition coefficient (Wildman–Crippen LogP) is 5.88. The molecule has 1 aromatic carbocycles. The van der Waals surface area contributed by atoms with Crippen LogP contribution in [0.5, 0.6) is 0 Å². The van der Waals surface area contributed by atoms with Crippen LogP contribution in [0.3, 0.4) is 0 Å². The lowest BCUT2D eigenvalue weighted by Gasteiger charge is -2.34. The van der Waals surface area contributed by atoms with Crippen LogP contribution in [0.1, 0.15) is 50.4 Å². The number of amides is 1. The van der Waals surface area contributed by atoms with Crippen LogP contribution in [0.15, 0.2) is 35.4 Å². The molecule has 1 N–H and O–H groups in total. The summed E-state index contributed by atoms with van der Waals surface area (Å²) in [6.45, 7) is 6.83. The Morgan fingerprint density at radius 2 is 2.14 bits per heavy atom. The van der Waals surface area contributed by atoms with Gasteiger partial charge in [0, 0.05) is 17.9 Å². The standard InChI is InChI=1S/C23H26ClN3OS/c1-23(2,3)17-8-9-19-15(13-17)12-16(14-25)22(27-19)29-11-10-21(28)26-20-7-5-4-6-18(20)24/h4-7,12,17H,8-11,13H2,1-3H3,(H,26,28). The van der Waals surface area contributed by atoms with Crippen molar-refractivity contribution in [3.05, 3.63) is 52.2 Å². The Labute approximate surface area is 182 Å². The Morgan fingerprint density at radius 1 is 1.38 bits per heavy atom. The van der Waals surface area contributed by atoms with E-state index in [9.17, 15) is 10.1 Å². The van der Waals surface area contributed by atoms with Crippen LogP contribution in [-0.2, 0) is 17.6 Å². The van der Waals surface area contributed by atoms with Crippen molar-refractivity contribution < 1.29 is 4.79 Å². The third kappa shape index (κ3) is 5.52. The van der Waals surface area contributed by atoms with Gasteiger partial charge in [-0.3, -0.25) is 4.79 Å². The van der Waals surface area contributed by atoms with Gasteiger partial charge in [0.1, 0.15) is 11.1 Å². The van der Waals surface area contributed by atoms with Crippen molar-refractivity contribution in [2.75, 3.05) is 11.1 Å². The minimum atomic E-state index is -0.102. The van der Waals surface area contributed by atoms with Crippen molar-refractivity contribution in [3.8, 4) is 6.07 Å². The second-order valence-corrected chi connectivity index (χ2v) is 9.98. The largest absolute Gasteiger partial charge is 0.325 e. The Bertz CT molecular complexity index is 946. The van der Waals surface area contributed by atoms with Gasteiger partial charge in [0.2, 0.25) is 5.91 Å². The monoisotopic (exact) mass is 427 g/mol. The van der Waals surface area contributed by atoms with Crippen molar-refractivity contribution in [1.29, 1.82) is 5.26 Å². The molecule has 0 radical (unpaired) electrons. The van der Waals surface area contributed by atoms with Gasteiger partial charge in [-0.25, -0.2) is 4.98 Å². The number of benzene rings is 1. The van der Waals surface area contributed by atoms with Gasteiger partial charge in [0.05, 0.1) is 16.3 Å². The van der Waals surface area contributed by atoms with Crippen LogP contribution < -0.4 is 5.32 Å². The minimum absolute atomic E-state index is 0.102. The number of aromatic nitrogens is 1. The van der Waals surface area contributed by atoms with Crippen LogP contribution in [0, 0.1) is 22.7 Å². The first-order chi connectivity index (χ1) is 13.8. The number of hydrogen-bond donors (Lipinski definition) is 1. The third-order valence-corrected chi connectivity index (χ3v) is 6.74. The van der Waals surface area contributed by atoms with Gasteiger partial charge >= 0.3 is 0 Å². The van der Waals surface area contributed by atoms with Crippen LogP contribution in [-0.4, -0.2) is 16.6 Å². The van der Waals surface area contributed by atoms with Crippen molar-refractivity contribution in [3.63, 3.8) is 0 Å². The number of para-hydroxylation sites is 1. The molecule has 1 aliphatic rings. The Kier molecular flexibility index (Phi) is 6.87. The SMILES string of the molecule is CC(C)(C)C1CCc2nc(SCCC(=O)Nc3ccccc3Cl)c(C#N)cc2C1. The quantitative estimate of drug-likeness (QED) is 0.605. The summed E-state index contributed by atoms with van der Waals surface area (Å²) in [7, 11) is 0. The summed E-state index contributed by atoms with van der Waals surface area (Å²) >= 11 is 7.54. The number of carbonyl (C=O) groups excluding carboxylic acids is 1. The van der Waals surface area contributed by atoms with E-state index in [0.29, 0.717) is 34.4 Å². The normalized spacial score (nSPS) is 16.0. The molecule has 4 nitrogen and oxygen atoms in total. The van der Waals surface area contributed by atoms with Gasteiger partial charge in [0.15, 0.2) is 0 Å². The van der Waals surface area contributed by atoms with Gasteiger partial charge in [-0.1, -0.05) is 44.5 Å². The molecule has 1 aliphatic carbocycles. The average Bonchev–Trinajstić information content (AvgIpc) is 2.68. The second kappa shape index (κ2) is 9.19. The summed E-state index contributed by atoms with van der Waals surface area (Å²) in [6, 6.07) is 11.5. The number of nitriles is 1. The molecule has 1 aromatic heterocycles. The summed E-state index contributed by atoms with van der Waals surface area (Å²) in [5.41, 5.74) is 3.78. The fourth-order valence-electron chi connectivity index (χ4n) is 3.59. The lowest BCUT2D eigenvalue weighted by molar-refractivity contribution is -0.115. The van der Waals surface area contributed by atoms with E-state index < -0.39 is 0 Å². The number of aryl methyl sites for hydroxylation is 1. The first kappa shape index (κ1) is 21.7. The lowest BCUT2D eigenvalue weighted by atomic mass is 9.71. The van der Waals surface area contributed by atoms with Crippen LogP contribution >= 0.6 is 23.4 Å². The molecule has 0 saturated carbocycles. The van der Waals surface area contributed by atoms with E-state index in [0.717, 1.165) is 30.0 Å². The zero-order chi connectivity index (χ0) is 21.0. The highest BCUT2D eigenvalue weighted by molar-refractivity contribution is 7.99. The maximum Gasteiger partial charge on any atom is 0.225 e. The van der Waals surface area contributed by atoms with Gasteiger partial charge in [0.25, 0.3) is 0 Å². The van der Waals surface area contributed by atoms with Gasteiger partial charge in [-0.05, 0) is 54.4 Å². The molecule has 1 unspecified atom stereocenters. The fraction of sp³-hybridized carbons (Fsp3) is 0.435. The number of fused-ring (bicyclic) bond motifs is 1. The van der Waals surface area contributed by atoms with Gasteiger partial charge in [-0.2, -0.15) is 5.26 Å². The number of nitrogens with one attached hydrogen (secondary N) is 1. The smallest absolute Gasteiger partial charge is 0.225 e. The molecule has 152 valence electrons. The molecule has 29 heavy (non-hydrogen) atoms. The molecular weight excluding hydrogens is 402 g/mol. The van der Waals surface area contributed by atoms with E-state index in [1.807, 2.05) is 18.2 Å². The zero-order valence-corrected chi connectivity index (χ0v) is 18.7. The van der Waals surface area contributed by atoms with Crippen LogP contribution in [0.25, 0.3) is 0 Å². The van der Waals surface area contributed by atoms with Crippen molar-refractivity contribution >= 4 is 35.0 Å². The average molecular weight is 428 g/mol. The van der Waals surface area contributed by atoms with Gasteiger partial charge in [-0.15, -0.1) is 11.8 Å². The maximum atomic E-state index is 12.2. The first-order valence-electron chi connectivity index (χ1n) is 9.88. The van der Waals surface area contributed by atoms with Crippen LogP contribution in [0.4, 0.5) is 5.69 Å². The minimum Gasteiger partial charge on any atom is -0.325 e. The Balaban J connectivity index is 1.62. The van der Waals surface area contributed by atoms with Crippen molar-refractivity contribution in [1.82, 2.24) is 4.98 Å². The van der Waals surface area contributed by atoms with Crippen LogP contribution in [0.2, 0.25) is 5.02 Å². The summed E-state index contributed by atoms with van der Waals surface area (Å²) < 4.78 is 0. The number of nitrogens with zero attached hydrogens (tertiary/aromatic N) is 2. The first-order valence-corrected chi connectivity index (χ1v) is 11.2. The summed E-state index contributed by atoms with van der Waals surface area (Å²) in [5, 5.41) is 13.7. The number of thioether (sulfide) groups is 1. The number of hydrogen-bond acceptors (Lipinski definition) is 4. The molecule has 3 rings (SSSR count). The Morgan fingerprint density at radius 3 is 2.83 bits per heavy atom. The maximum absolute atomic E-state index is 12.2. The summed E-state index contributed by atoms with van der Waals surface area (Å²) in [6.07, 6.45) is 3.38. The number of rotatable bonds is 5. The van der Waals surface area contributed by atoms with Crippen molar-refractivity contribution in [2.45, 2.75) is 51.5 Å². The van der Waals surface area contributed by atoms with E-state index in [2.05, 4.69) is 32.2 Å². The number of halogens is 1. The van der Waals surface area contributed by atoms with Crippen molar-refractivity contribution in [2.24, 2.45) is 11.3 Å². The molecule has 2 aromatic rings. The molecular formula is C23H26ClN3OS. The molecule has 0 aliphatic heterocycles. The van der Waals surface area contributed by atoms with E-state index >= 15 is 0 Å². The highest BCUT2D eigenvalue weighted by Gasteiger charge is 2.30. The fourth-order valence-corrected chi connectivity index (χ4v) is 4.69. The van der Waals surface area contributed by atoms with E-state index in [1.54, 1.807) is 12.1 Å². The second-order valence-electron chi connectivity index (χ2n) is 8.49. The molecule has 0 saturated heterocycles. The third-order valence-electron chi connectivity index (χ3n) is 5.41. The number of anilines is 1. The Hall–Kier alpha value is -2.03. The molecule has 1 atom stereocenters. The molecule has 0 spiro atoms. The van der Waals surface area contributed by atoms with E-state index in [4.69, 9.17) is 16.6 Å². The molecule has 1 amide bonds. The number of pyridine rings is 1. The molecule has 1 heterocycles.